The van der Waals surface area contributed by atoms with Crippen molar-refractivity contribution in [1.82, 2.24) is 29.5 Å². The van der Waals surface area contributed by atoms with Crippen molar-refractivity contribution in [3.63, 3.8) is 0 Å². The molecule has 5 heterocycles. The summed E-state index contributed by atoms with van der Waals surface area (Å²) in [6, 6.07) is 3.80. The van der Waals surface area contributed by atoms with E-state index in [-0.39, 0.29) is 24.2 Å². The molecule has 5 rings (SSSR count). The summed E-state index contributed by atoms with van der Waals surface area (Å²) in [7, 11) is 0. The van der Waals surface area contributed by atoms with Crippen molar-refractivity contribution < 1.29 is 36.3 Å². The van der Waals surface area contributed by atoms with E-state index in [0.717, 1.165) is 11.0 Å². The highest BCUT2D eigenvalue weighted by Gasteiger charge is 2.41. The number of aromatic nitrogens is 5. The van der Waals surface area contributed by atoms with E-state index in [1.807, 2.05) is 0 Å². The van der Waals surface area contributed by atoms with E-state index in [4.69, 9.17) is 4.42 Å². The molecule has 0 unspecified atom stereocenters. The van der Waals surface area contributed by atoms with Crippen molar-refractivity contribution in [3.05, 3.63) is 70.7 Å². The van der Waals surface area contributed by atoms with E-state index >= 15 is 0 Å². The summed E-state index contributed by atoms with van der Waals surface area (Å²) < 4.78 is 73.7. The normalized spacial score (nSPS) is 17.3. The molecule has 14 heteroatoms. The second kappa shape index (κ2) is 8.15. The Balaban J connectivity index is 1.64. The summed E-state index contributed by atoms with van der Waals surface area (Å²) in [6.07, 6.45) is -7.55. The lowest BCUT2D eigenvalue weighted by Crippen LogP contribution is -2.41. The first-order chi connectivity index (χ1) is 16.6. The number of rotatable bonds is 4. The van der Waals surface area contributed by atoms with Gasteiger partial charge in [-0.05, 0) is 25.1 Å². The molecule has 0 radical (unpaired) electrons. The summed E-state index contributed by atoms with van der Waals surface area (Å²) >= 11 is 0. The van der Waals surface area contributed by atoms with E-state index in [1.165, 1.54) is 31.5 Å². The van der Waals surface area contributed by atoms with Gasteiger partial charge in [0.15, 0.2) is 5.69 Å². The maximum Gasteiger partial charge on any atom is 0.433 e. The van der Waals surface area contributed by atoms with Crippen LogP contribution in [0, 0.1) is 0 Å². The summed E-state index contributed by atoms with van der Waals surface area (Å²) in [5.74, 6) is -2.20. The molecule has 0 fully saturated rings. The molecule has 4 aromatic rings. The molecule has 0 bridgehead atoms. The Kier molecular flexibility index (Phi) is 5.34. The number of imidazole rings is 1. The topological polar surface area (TPSA) is 113 Å². The fourth-order valence-electron chi connectivity index (χ4n) is 4.14. The monoisotopic (exact) mass is 496 g/mol. The van der Waals surface area contributed by atoms with Gasteiger partial charge in [-0.25, -0.2) is 23.3 Å². The highest BCUT2D eigenvalue weighted by atomic mass is 19.4. The fraction of sp³-hybridized carbons (Fsp3) is 0.333. The Morgan fingerprint density at radius 1 is 1.31 bits per heavy atom. The lowest BCUT2D eigenvalue weighted by molar-refractivity contribution is -0.142. The molecule has 9 nitrogen and oxygen atoms in total. The molecule has 0 aliphatic carbocycles. The zero-order chi connectivity index (χ0) is 25.1. The molecule has 1 aliphatic rings. The standard InChI is InChI=1S/C21H17F5N6O3/c1-9(33)19-29-15(18(22)23)17(35-19)20(34)31-6-5-11-14(28-8-27-11)16(31)12-7-10-3-2-4-13(21(24,25)26)32(10)30-12/h2-4,7-9,16,18,33H,5-6H2,1H3,(H,27,28)/t9-,16+/m0/s1. The van der Waals surface area contributed by atoms with Crippen LogP contribution in [0.25, 0.3) is 5.52 Å². The van der Waals surface area contributed by atoms with Gasteiger partial charge >= 0.3 is 6.18 Å². The van der Waals surface area contributed by atoms with E-state index in [9.17, 15) is 31.9 Å². The van der Waals surface area contributed by atoms with Crippen molar-refractivity contribution in [1.29, 1.82) is 0 Å². The van der Waals surface area contributed by atoms with Gasteiger partial charge in [-0.2, -0.15) is 18.3 Å². The Morgan fingerprint density at radius 2 is 2.09 bits per heavy atom. The number of hydrogen-bond donors (Lipinski definition) is 2. The minimum absolute atomic E-state index is 0.00603. The summed E-state index contributed by atoms with van der Waals surface area (Å²) in [4.78, 5) is 25.3. The highest BCUT2D eigenvalue weighted by Crippen LogP contribution is 2.37. The number of amides is 1. The van der Waals surface area contributed by atoms with Crippen LogP contribution in [0.4, 0.5) is 22.0 Å². The Hall–Kier alpha value is -3.81. The number of aromatic amines is 1. The molecule has 0 aromatic carbocycles. The van der Waals surface area contributed by atoms with Gasteiger partial charge in [0.05, 0.1) is 23.2 Å². The molecule has 0 spiro atoms. The van der Waals surface area contributed by atoms with Gasteiger partial charge in [-0.3, -0.25) is 4.79 Å². The van der Waals surface area contributed by atoms with Gasteiger partial charge in [0.1, 0.15) is 17.8 Å². The van der Waals surface area contributed by atoms with Gasteiger partial charge < -0.3 is 19.4 Å². The number of carbonyl (C=O) groups excluding carboxylic acids is 1. The van der Waals surface area contributed by atoms with Crippen LogP contribution in [-0.2, 0) is 12.6 Å². The number of aliphatic hydroxyl groups is 1. The van der Waals surface area contributed by atoms with Crippen LogP contribution in [-0.4, -0.2) is 47.0 Å². The third-order valence-electron chi connectivity index (χ3n) is 5.69. The van der Waals surface area contributed by atoms with Crippen LogP contribution < -0.4 is 0 Å². The second-order valence-corrected chi connectivity index (χ2v) is 7.98. The van der Waals surface area contributed by atoms with Crippen LogP contribution in [0.2, 0.25) is 0 Å². The first kappa shape index (κ1) is 23.0. The van der Waals surface area contributed by atoms with Crippen molar-refractivity contribution in [2.45, 2.75) is 38.1 Å². The van der Waals surface area contributed by atoms with Crippen molar-refractivity contribution >= 4 is 11.4 Å². The molecule has 0 saturated carbocycles. The van der Waals surface area contributed by atoms with Crippen LogP contribution in [0.1, 0.15) is 70.4 Å². The van der Waals surface area contributed by atoms with Crippen LogP contribution >= 0.6 is 0 Å². The lowest BCUT2D eigenvalue weighted by Gasteiger charge is -2.33. The number of pyridine rings is 1. The Bertz CT molecular complexity index is 1410. The summed E-state index contributed by atoms with van der Waals surface area (Å²) in [5.41, 5.74) is -0.842. The third kappa shape index (κ3) is 3.83. The number of alkyl halides is 5. The fourth-order valence-corrected chi connectivity index (χ4v) is 4.14. The number of nitrogens with zero attached hydrogens (tertiary/aromatic N) is 5. The Morgan fingerprint density at radius 3 is 2.77 bits per heavy atom. The van der Waals surface area contributed by atoms with Crippen LogP contribution in [0.5, 0.6) is 0 Å². The SMILES string of the molecule is C[C@H](O)c1nc(C(F)F)c(C(=O)N2CCc3[nH]cnc3[C@H]2c2cc3cccc(C(F)(F)F)n3n2)o1. The summed E-state index contributed by atoms with van der Waals surface area (Å²) in [5, 5.41) is 13.8. The molecule has 2 atom stereocenters. The van der Waals surface area contributed by atoms with Crippen LogP contribution in [0.3, 0.4) is 0 Å². The maximum absolute atomic E-state index is 13.6. The quantitative estimate of drug-likeness (QED) is 0.415. The zero-order valence-electron chi connectivity index (χ0n) is 17.9. The minimum atomic E-state index is -4.69. The number of carbonyl (C=O) groups is 1. The largest absolute Gasteiger partial charge is 0.433 e. The molecule has 0 saturated heterocycles. The molecular weight excluding hydrogens is 479 g/mol. The van der Waals surface area contributed by atoms with E-state index < -0.39 is 53.7 Å². The van der Waals surface area contributed by atoms with Crippen LogP contribution in [0.15, 0.2) is 35.0 Å². The first-order valence-corrected chi connectivity index (χ1v) is 10.4. The number of H-pyrrole nitrogens is 1. The lowest BCUT2D eigenvalue weighted by atomic mass is 9.99. The number of fused-ring (bicyclic) bond motifs is 2. The van der Waals surface area contributed by atoms with Gasteiger partial charge in [-0.15, -0.1) is 0 Å². The third-order valence-corrected chi connectivity index (χ3v) is 5.69. The summed E-state index contributed by atoms with van der Waals surface area (Å²) in [6.45, 7) is 1.25. The number of hydrogen-bond acceptors (Lipinski definition) is 6. The molecule has 1 aliphatic heterocycles. The van der Waals surface area contributed by atoms with E-state index in [0.29, 0.717) is 15.9 Å². The number of aliphatic hydroxyl groups excluding tert-OH is 1. The number of halogens is 5. The highest BCUT2D eigenvalue weighted by molar-refractivity contribution is 5.93. The second-order valence-electron chi connectivity index (χ2n) is 7.98. The maximum atomic E-state index is 13.6. The minimum Gasteiger partial charge on any atom is -0.432 e. The van der Waals surface area contributed by atoms with Crippen molar-refractivity contribution in [2.75, 3.05) is 6.54 Å². The average molecular weight is 496 g/mol. The van der Waals surface area contributed by atoms with Gasteiger partial charge in [0, 0.05) is 18.7 Å². The number of oxazole rings is 1. The van der Waals surface area contributed by atoms with E-state index in [2.05, 4.69) is 20.1 Å². The molecular formula is C21H17F5N6O3. The van der Waals surface area contributed by atoms with E-state index in [1.54, 1.807) is 0 Å². The van der Waals surface area contributed by atoms with Gasteiger partial charge in [0.25, 0.3) is 12.3 Å². The molecule has 184 valence electrons. The molecule has 1 amide bonds. The first-order valence-electron chi connectivity index (χ1n) is 10.4. The van der Waals surface area contributed by atoms with Gasteiger partial charge in [0.2, 0.25) is 11.7 Å². The average Bonchev–Trinajstić information content (AvgIpc) is 3.54. The smallest absolute Gasteiger partial charge is 0.432 e. The number of nitrogens with one attached hydrogen (secondary N) is 1. The van der Waals surface area contributed by atoms with Gasteiger partial charge in [-0.1, -0.05) is 6.07 Å². The van der Waals surface area contributed by atoms with Crippen molar-refractivity contribution in [2.24, 2.45) is 0 Å². The predicted octanol–water partition coefficient (Wildman–Crippen LogP) is 3.84. The predicted molar refractivity (Wildman–Crippen MR) is 107 cm³/mol. The molecule has 35 heavy (non-hydrogen) atoms. The molecule has 2 N–H and O–H groups in total. The molecule has 4 aromatic heterocycles. The van der Waals surface area contributed by atoms with Crippen molar-refractivity contribution in [3.8, 4) is 0 Å². The Labute approximate surface area is 193 Å². The zero-order valence-corrected chi connectivity index (χ0v) is 17.9.